The average Bonchev–Trinajstić information content (AvgIpc) is 3.39. The fourth-order valence-electron chi connectivity index (χ4n) is 3.37. The largest absolute Gasteiger partial charge is 0.490 e. The molecule has 7 heteroatoms. The summed E-state index contributed by atoms with van der Waals surface area (Å²) in [4.78, 5) is 4.67. The van der Waals surface area contributed by atoms with Gasteiger partial charge >= 0.3 is 0 Å². The van der Waals surface area contributed by atoms with Gasteiger partial charge in [-0.25, -0.2) is 4.99 Å². The van der Waals surface area contributed by atoms with Crippen molar-refractivity contribution in [3.8, 4) is 5.75 Å². The molecule has 0 saturated heterocycles. The zero-order valence-electron chi connectivity index (χ0n) is 17.2. The number of halogens is 1. The van der Waals surface area contributed by atoms with Gasteiger partial charge in [-0.15, -0.1) is 24.0 Å². The van der Waals surface area contributed by atoms with Gasteiger partial charge in [0.05, 0.1) is 25.5 Å². The lowest BCUT2D eigenvalue weighted by atomic mass is 10.1. The minimum atomic E-state index is -0.723. The highest BCUT2D eigenvalue weighted by molar-refractivity contribution is 14.0. The second-order valence-corrected chi connectivity index (χ2v) is 7.24. The number of guanidine groups is 1. The van der Waals surface area contributed by atoms with Crippen LogP contribution in [-0.2, 0) is 6.54 Å². The van der Waals surface area contributed by atoms with Gasteiger partial charge in [0.25, 0.3) is 0 Å². The number of aliphatic hydroxyl groups is 1. The Labute approximate surface area is 190 Å². The number of hydrogen-bond acceptors (Lipinski definition) is 4. The maximum Gasteiger partial charge on any atom is 0.191 e. The molecule has 1 aliphatic rings. The number of aliphatic imine (C=N–C) groups is 1. The molecule has 160 valence electrons. The summed E-state index contributed by atoms with van der Waals surface area (Å²) in [5, 5.41) is 16.6. The van der Waals surface area contributed by atoms with E-state index in [4.69, 9.17) is 9.15 Å². The van der Waals surface area contributed by atoms with E-state index in [0.717, 1.165) is 30.7 Å². The maximum atomic E-state index is 10.2. The predicted octanol–water partition coefficient (Wildman–Crippen LogP) is 4.32. The Morgan fingerprint density at radius 2 is 2.07 bits per heavy atom. The summed E-state index contributed by atoms with van der Waals surface area (Å²) in [6.45, 7) is 5.66. The van der Waals surface area contributed by atoms with E-state index in [1.165, 1.54) is 18.4 Å². The minimum Gasteiger partial charge on any atom is -0.490 e. The Morgan fingerprint density at radius 3 is 2.76 bits per heavy atom. The number of ether oxygens (including phenoxy) is 1. The van der Waals surface area contributed by atoms with Crippen molar-refractivity contribution >= 4 is 29.9 Å². The van der Waals surface area contributed by atoms with Crippen molar-refractivity contribution in [2.75, 3.05) is 13.1 Å². The van der Waals surface area contributed by atoms with Crippen LogP contribution in [0.5, 0.6) is 5.75 Å². The predicted molar refractivity (Wildman–Crippen MR) is 126 cm³/mol. The zero-order chi connectivity index (χ0) is 19.8. The van der Waals surface area contributed by atoms with Gasteiger partial charge in [-0.05, 0) is 63.3 Å². The molecule has 1 heterocycles. The van der Waals surface area contributed by atoms with E-state index in [1.54, 1.807) is 18.4 Å². The third kappa shape index (κ3) is 7.22. The summed E-state index contributed by atoms with van der Waals surface area (Å²) in [6.07, 6.45) is 5.91. The van der Waals surface area contributed by atoms with Crippen LogP contribution in [0.4, 0.5) is 0 Å². The number of aryl methyl sites for hydroxylation is 1. The van der Waals surface area contributed by atoms with E-state index in [-0.39, 0.29) is 24.0 Å². The molecule has 0 aliphatic heterocycles. The fourth-order valence-corrected chi connectivity index (χ4v) is 3.37. The molecule has 6 nitrogen and oxygen atoms in total. The lowest BCUT2D eigenvalue weighted by Gasteiger charge is -2.17. The average molecular weight is 513 g/mol. The Balaban J connectivity index is 0.00000300. The molecule has 0 spiro atoms. The Morgan fingerprint density at radius 1 is 1.28 bits per heavy atom. The van der Waals surface area contributed by atoms with Crippen molar-refractivity contribution in [2.24, 2.45) is 4.99 Å². The first kappa shape index (κ1) is 23.5. The summed E-state index contributed by atoms with van der Waals surface area (Å²) in [5.74, 6) is 2.12. The number of hydrogen-bond donors (Lipinski definition) is 3. The van der Waals surface area contributed by atoms with E-state index >= 15 is 0 Å². The molecule has 1 atom stereocenters. The van der Waals surface area contributed by atoms with Gasteiger partial charge in [0, 0.05) is 12.1 Å². The molecule has 1 saturated carbocycles. The van der Waals surface area contributed by atoms with Crippen LogP contribution in [0.2, 0.25) is 0 Å². The molecule has 0 radical (unpaired) electrons. The molecular weight excluding hydrogens is 481 g/mol. The lowest BCUT2D eigenvalue weighted by Crippen LogP contribution is -2.39. The number of benzene rings is 1. The Bertz CT molecular complexity index is 759. The second kappa shape index (κ2) is 12.1. The van der Waals surface area contributed by atoms with Crippen LogP contribution in [0.15, 0.2) is 46.0 Å². The van der Waals surface area contributed by atoms with Crippen LogP contribution in [0.1, 0.15) is 55.6 Å². The molecule has 3 N–H and O–H groups in total. The van der Waals surface area contributed by atoms with Crippen molar-refractivity contribution in [3.63, 3.8) is 0 Å². The smallest absolute Gasteiger partial charge is 0.191 e. The van der Waals surface area contributed by atoms with E-state index in [1.807, 2.05) is 6.92 Å². The van der Waals surface area contributed by atoms with Crippen molar-refractivity contribution < 1.29 is 14.3 Å². The molecule has 1 fully saturated rings. The summed E-state index contributed by atoms with van der Waals surface area (Å²) in [6, 6.07) is 9.80. The number of rotatable bonds is 8. The number of nitrogens with zero attached hydrogens (tertiary/aromatic N) is 1. The highest BCUT2D eigenvalue weighted by Crippen LogP contribution is 2.28. The topological polar surface area (TPSA) is 79.0 Å². The molecule has 0 amide bonds. The van der Waals surface area contributed by atoms with Crippen molar-refractivity contribution in [3.05, 3.63) is 53.5 Å². The van der Waals surface area contributed by atoms with E-state index < -0.39 is 6.10 Å². The van der Waals surface area contributed by atoms with Crippen LogP contribution < -0.4 is 15.4 Å². The van der Waals surface area contributed by atoms with Crippen LogP contribution in [0.3, 0.4) is 0 Å². The molecule has 1 aliphatic carbocycles. The van der Waals surface area contributed by atoms with E-state index in [0.29, 0.717) is 30.9 Å². The zero-order valence-corrected chi connectivity index (χ0v) is 19.5. The molecule has 1 aromatic carbocycles. The molecule has 0 bridgehead atoms. The molecule has 1 aromatic heterocycles. The monoisotopic (exact) mass is 513 g/mol. The highest BCUT2D eigenvalue weighted by Gasteiger charge is 2.18. The molecule has 3 rings (SSSR count). The van der Waals surface area contributed by atoms with Gasteiger partial charge in [0.15, 0.2) is 5.96 Å². The fraction of sp³-hybridized carbons (Fsp3) is 0.500. The molecule has 1 unspecified atom stereocenters. The number of furan rings is 1. The molecular formula is C22H32IN3O3. The quantitative estimate of drug-likeness (QED) is 0.279. The van der Waals surface area contributed by atoms with Gasteiger partial charge in [0.1, 0.15) is 17.6 Å². The SMILES string of the molecule is CCNC(=NCc1ccc(C)cc1OC1CCCC1)NCC(O)c1ccco1.I. The third-order valence-corrected chi connectivity index (χ3v) is 4.90. The summed E-state index contributed by atoms with van der Waals surface area (Å²) >= 11 is 0. The first-order valence-electron chi connectivity index (χ1n) is 10.2. The standard InChI is InChI=1S/C22H31N3O3.HI/c1-3-23-22(25-15-19(26)20-9-6-12-27-20)24-14-17-11-10-16(2)13-21(17)28-18-7-4-5-8-18;/h6,9-13,18-19,26H,3-5,7-8,14-15H2,1-2H3,(H2,23,24,25);1H. The summed E-state index contributed by atoms with van der Waals surface area (Å²) in [7, 11) is 0. The van der Waals surface area contributed by atoms with Crippen molar-refractivity contribution in [1.82, 2.24) is 10.6 Å². The van der Waals surface area contributed by atoms with Crippen LogP contribution in [0, 0.1) is 6.92 Å². The van der Waals surface area contributed by atoms with E-state index in [9.17, 15) is 5.11 Å². The normalized spacial score (nSPS) is 15.6. The first-order chi connectivity index (χ1) is 13.7. The number of aliphatic hydroxyl groups excluding tert-OH is 1. The number of nitrogens with one attached hydrogen (secondary N) is 2. The minimum absolute atomic E-state index is 0. The molecule has 2 aromatic rings. The second-order valence-electron chi connectivity index (χ2n) is 7.24. The highest BCUT2D eigenvalue weighted by atomic mass is 127. The Hall–Kier alpha value is -1.74. The lowest BCUT2D eigenvalue weighted by molar-refractivity contribution is 0.153. The van der Waals surface area contributed by atoms with Crippen LogP contribution in [0.25, 0.3) is 0 Å². The van der Waals surface area contributed by atoms with Gasteiger partial charge in [-0.3, -0.25) is 0 Å². The van der Waals surface area contributed by atoms with Crippen LogP contribution >= 0.6 is 24.0 Å². The van der Waals surface area contributed by atoms with Gasteiger partial charge < -0.3 is 24.9 Å². The Kier molecular flexibility index (Phi) is 9.80. The van der Waals surface area contributed by atoms with E-state index in [2.05, 4.69) is 40.7 Å². The van der Waals surface area contributed by atoms with Gasteiger partial charge in [-0.1, -0.05) is 12.1 Å². The van der Waals surface area contributed by atoms with Crippen molar-refractivity contribution in [2.45, 2.75) is 58.3 Å². The van der Waals surface area contributed by atoms with Crippen LogP contribution in [-0.4, -0.2) is 30.3 Å². The van der Waals surface area contributed by atoms with Gasteiger partial charge in [0.2, 0.25) is 0 Å². The maximum absolute atomic E-state index is 10.2. The summed E-state index contributed by atoms with van der Waals surface area (Å²) in [5.41, 5.74) is 2.26. The molecule has 29 heavy (non-hydrogen) atoms. The third-order valence-electron chi connectivity index (χ3n) is 4.90. The first-order valence-corrected chi connectivity index (χ1v) is 10.2. The van der Waals surface area contributed by atoms with Gasteiger partial charge in [-0.2, -0.15) is 0 Å². The summed E-state index contributed by atoms with van der Waals surface area (Å²) < 4.78 is 11.5. The van der Waals surface area contributed by atoms with Crippen molar-refractivity contribution in [1.29, 1.82) is 0 Å².